The molecule has 0 radical (unpaired) electrons. The monoisotopic (exact) mass is 1880 g/mol. The molecular weight excluding hydrogens is 1770 g/mol. The maximum Gasteiger partial charge on any atom is 0.325 e. The van der Waals surface area contributed by atoms with E-state index < -0.39 is 17.6 Å². The number of aliphatic hydroxyl groups is 7. The van der Waals surface area contributed by atoms with Crippen molar-refractivity contribution in [2.45, 2.75) is 202 Å². The molecule has 13 N–H and O–H groups in total. The fraction of sp³-hybridized carbons (Fsp3) is 0.419. The Kier molecular flexibility index (Phi) is 36.6. The Morgan fingerprint density at radius 2 is 0.773 bits per heavy atom. The molecule has 5 aliphatic rings. The third-order valence-corrected chi connectivity index (χ3v) is 24.1. The third kappa shape index (κ3) is 28.9. The Morgan fingerprint density at radius 1 is 0.424 bits per heavy atom. The lowest BCUT2D eigenvalue weighted by atomic mass is 9.92. The quantitative estimate of drug-likeness (QED) is 0.0161. The fourth-order valence-electron chi connectivity index (χ4n) is 16.1. The number of aliphatic carboxylic acids is 1. The van der Waals surface area contributed by atoms with E-state index in [9.17, 15) is 63.7 Å². The van der Waals surface area contributed by atoms with Crippen molar-refractivity contribution >= 4 is 143 Å². The first-order valence-corrected chi connectivity index (χ1v) is 44.9. The molecule has 10 aromatic heterocycles. The van der Waals surface area contributed by atoms with Crippen LogP contribution in [0.2, 0.25) is 15.5 Å². The Balaban J connectivity index is 0.000000154. The summed E-state index contributed by atoms with van der Waals surface area (Å²) in [7, 11) is 4.12. The molecule has 0 aliphatic heterocycles. The molecule has 5 aliphatic carbocycles. The van der Waals surface area contributed by atoms with E-state index in [0.717, 1.165) is 122 Å². The van der Waals surface area contributed by atoms with Crippen LogP contribution in [0.15, 0.2) is 159 Å². The van der Waals surface area contributed by atoms with Crippen LogP contribution in [0.1, 0.15) is 140 Å². The highest BCUT2D eigenvalue weighted by atomic mass is 35.5. The van der Waals surface area contributed by atoms with Crippen molar-refractivity contribution in [3.05, 3.63) is 197 Å². The zero-order chi connectivity index (χ0) is 93.9. The summed E-state index contributed by atoms with van der Waals surface area (Å²) in [5, 5.41) is 97.7. The zero-order valence-electron chi connectivity index (χ0n) is 73.3. The van der Waals surface area contributed by atoms with Gasteiger partial charge in [0.2, 0.25) is 0 Å². The maximum absolute atomic E-state index is 14.9. The molecular formula is C93H110Cl3F2N19O15. The summed E-state index contributed by atoms with van der Waals surface area (Å²) in [6.45, 7) is -0.117. The van der Waals surface area contributed by atoms with E-state index in [4.69, 9.17) is 65.1 Å². The highest BCUT2D eigenvalue weighted by Gasteiger charge is 2.32. The number of esters is 3. The van der Waals surface area contributed by atoms with E-state index in [1.54, 1.807) is 115 Å². The van der Waals surface area contributed by atoms with Gasteiger partial charge in [-0.2, -0.15) is 10.2 Å². The Hall–Kier alpha value is -11.7. The summed E-state index contributed by atoms with van der Waals surface area (Å²) in [6.07, 6.45) is 24.7. The lowest BCUT2D eigenvalue weighted by Crippen LogP contribution is -2.43. The van der Waals surface area contributed by atoms with Crippen molar-refractivity contribution in [1.82, 2.24) is 64.7 Å². The van der Waals surface area contributed by atoms with E-state index in [1.807, 2.05) is 46.2 Å². The van der Waals surface area contributed by atoms with Gasteiger partial charge in [0.15, 0.2) is 0 Å². The number of aromatic nitrogens is 12. The number of carbonyl (C=O) groups excluding carboxylic acids is 3. The van der Waals surface area contributed by atoms with Gasteiger partial charge in [0.1, 0.15) is 75.8 Å². The molecule has 10 heterocycles. The van der Waals surface area contributed by atoms with Crippen LogP contribution in [0, 0.1) is 11.6 Å². The number of carbonyl (C=O) groups is 4. The lowest BCUT2D eigenvalue weighted by molar-refractivity contribution is -0.140. The van der Waals surface area contributed by atoms with Gasteiger partial charge < -0.3 is 91.4 Å². The van der Waals surface area contributed by atoms with Gasteiger partial charge in [0, 0.05) is 125 Å². The molecule has 2 aromatic carbocycles. The van der Waals surface area contributed by atoms with Crippen molar-refractivity contribution in [1.29, 1.82) is 0 Å². The molecule has 5 fully saturated rings. The number of carboxylic acids is 1. The number of methoxy groups -OCH3 is 3. The van der Waals surface area contributed by atoms with Gasteiger partial charge in [-0.1, -0.05) is 34.8 Å². The first-order valence-electron chi connectivity index (χ1n) is 43.8. The molecule has 0 amide bonds. The predicted molar refractivity (Wildman–Crippen MR) is 498 cm³/mol. The highest BCUT2D eigenvalue weighted by molar-refractivity contribution is 6.31. The predicted octanol–water partition coefficient (Wildman–Crippen LogP) is 12.7. The number of rotatable bonds is 23. The number of aliphatic hydroxyl groups excluding tert-OH is 7. The molecule has 5 saturated carbocycles. The van der Waals surface area contributed by atoms with Gasteiger partial charge in [-0.25, -0.2) is 58.0 Å². The maximum atomic E-state index is 14.9. The molecule has 0 unspecified atom stereocenters. The van der Waals surface area contributed by atoms with Gasteiger partial charge in [-0.15, -0.1) is 0 Å². The zero-order valence-corrected chi connectivity index (χ0v) is 75.5. The number of carboxylic acid groups (broad SMARTS) is 1. The van der Waals surface area contributed by atoms with Gasteiger partial charge in [0.25, 0.3) is 0 Å². The van der Waals surface area contributed by atoms with E-state index >= 15 is 0 Å². The molecule has 0 spiro atoms. The largest absolute Gasteiger partial charge is 0.480 e. The highest BCUT2D eigenvalue weighted by Crippen LogP contribution is 2.35. The minimum Gasteiger partial charge on any atom is -0.480 e. The van der Waals surface area contributed by atoms with Gasteiger partial charge in [-0.3, -0.25) is 19.2 Å². The number of ether oxygens (including phenoxy) is 3. The number of nitrogens with zero attached hydrogens (tertiary/aromatic N) is 15. The van der Waals surface area contributed by atoms with Gasteiger partial charge in [-0.05, 0) is 213 Å². The van der Waals surface area contributed by atoms with Crippen molar-refractivity contribution < 1.29 is 83.0 Å². The molecule has 132 heavy (non-hydrogen) atoms. The summed E-state index contributed by atoms with van der Waals surface area (Å²) < 4.78 is 47.0. The number of nitrogens with one attached hydrogen (secondary N) is 3. The number of anilines is 7. The van der Waals surface area contributed by atoms with E-state index in [1.165, 1.54) is 42.8 Å². The summed E-state index contributed by atoms with van der Waals surface area (Å²) in [5.74, 6) is -0.192. The average molecular weight is 1880 g/mol. The summed E-state index contributed by atoms with van der Waals surface area (Å²) in [5.41, 5.74) is 10.8. The number of benzene rings is 2. The number of fused-ring (bicyclic) bond motifs is 4. The van der Waals surface area contributed by atoms with Crippen LogP contribution in [0.5, 0.6) is 0 Å². The smallest absolute Gasteiger partial charge is 0.325 e. The van der Waals surface area contributed by atoms with Crippen LogP contribution in [0.4, 0.5) is 49.2 Å². The summed E-state index contributed by atoms with van der Waals surface area (Å²) in [4.78, 5) is 87.0. The SMILES string of the molecule is COC(=O)CN(c1ccc2cnc(Cl)cc2n1)C1CCC(O)CC1.COC(=O)CN(c1ccc2cnc(Nc3ccc(-n4ccc(CO)n4)cc3F)cc2n1)C1CCC(O)CC1.COC(=O)CNC1CCC(O)CC1.Clc1cc2nc(Cl)ccc2cn1.NC1CCC(O)CC1.O=C(O)CN(c1ccc2cnc(Nc3ccc(-n4ccc(CO)n4)cc3F)cc2n1)C1CCC(O)CC1. The molecule has 0 bridgehead atoms. The van der Waals surface area contributed by atoms with Crippen LogP contribution in [0.25, 0.3) is 55.0 Å². The van der Waals surface area contributed by atoms with Crippen LogP contribution in [0.3, 0.4) is 0 Å². The molecule has 34 nitrogen and oxygen atoms in total. The normalized spacial score (nSPS) is 19.9. The van der Waals surface area contributed by atoms with E-state index in [2.05, 4.69) is 60.8 Å². The Labute approximate surface area is 775 Å². The Morgan fingerprint density at radius 3 is 1.13 bits per heavy atom. The number of halogens is 5. The second-order valence-corrected chi connectivity index (χ2v) is 34.0. The number of hydrogen-bond acceptors (Lipinski definition) is 31. The fourth-order valence-corrected chi connectivity index (χ4v) is 16.5. The molecule has 17 rings (SSSR count). The molecule has 39 heteroatoms. The second kappa shape index (κ2) is 48.7. The number of hydrogen-bond donors (Lipinski definition) is 12. The van der Waals surface area contributed by atoms with Crippen LogP contribution in [-0.4, -0.2) is 232 Å². The van der Waals surface area contributed by atoms with E-state index in [-0.39, 0.29) is 117 Å². The van der Waals surface area contributed by atoms with Crippen LogP contribution in [-0.2, 0) is 46.6 Å². The van der Waals surface area contributed by atoms with Crippen molar-refractivity contribution in [2.24, 2.45) is 5.73 Å². The Bertz CT molecular complexity index is 5770. The van der Waals surface area contributed by atoms with Gasteiger partial charge >= 0.3 is 23.9 Å². The lowest BCUT2D eigenvalue weighted by Gasteiger charge is -2.36. The second-order valence-electron chi connectivity index (χ2n) is 32.8. The van der Waals surface area contributed by atoms with Crippen molar-refractivity contribution in [3.8, 4) is 11.4 Å². The molecule has 702 valence electrons. The standard InChI is InChI=1S/C27H29FN6O4.C26H27FN6O4.C17H20ClN3O3.C9H17NO3.C8H4Cl2N2.C6H13NO/c1-38-27(37)15-33(19-3-6-21(36)7-4-19)26-9-2-17-14-29-25(13-24(17)31-26)30-23-8-5-20(12-22(23)28)34-11-10-18(16-35)32-34;27-21-11-19(33-10-9-17(15-34)31-33)4-7-22(21)29-24-12-23-16(13-28-24)1-8-25(30-23)32(14-26(36)37)18-2-5-20(35)6-3-18;1-24-17(23)10-21(12-3-5-13(22)6-4-12)16-7-2-11-9-19-15(18)8-14(11)20-16;1-13-9(12)6-10-7-2-4-8(11)5-3-7;9-7-2-1-5-4-11-8(10)3-6(5)12-7;7-5-1-3-6(8)4-2-5/h2,5,8-14,19,21,35-36H,3-4,6-7,15-16H2,1H3,(H,29,30);1,4,7-13,18,20,34-35H,2-3,5-6,14-15H2,(H,28,29)(H,36,37);2,7-9,12-13,22H,3-6,10H2,1H3;7-8,10-11H,2-6H2,1H3;1-4H;5-6,8H,1-4,7H2. The van der Waals surface area contributed by atoms with Crippen molar-refractivity contribution in [3.63, 3.8) is 0 Å². The number of nitrogens with two attached hydrogens (primary N) is 1. The van der Waals surface area contributed by atoms with Crippen LogP contribution >= 0.6 is 34.8 Å². The topological polar surface area (TPSA) is 468 Å². The molecule has 12 aromatic rings. The van der Waals surface area contributed by atoms with Crippen LogP contribution < -0.4 is 36.4 Å². The average Bonchev–Trinajstić information content (AvgIpc) is 0.937. The first kappa shape index (κ1) is 99.4. The van der Waals surface area contributed by atoms with E-state index in [0.29, 0.717) is 129 Å². The molecule has 0 saturated heterocycles. The molecule has 0 atom stereocenters. The first-order chi connectivity index (χ1) is 63.6. The summed E-state index contributed by atoms with van der Waals surface area (Å²) in [6, 6.07) is 35.0. The number of pyridine rings is 8. The minimum absolute atomic E-state index is 0.0280. The summed E-state index contributed by atoms with van der Waals surface area (Å²) >= 11 is 17.3. The van der Waals surface area contributed by atoms with Gasteiger partial charge in [0.05, 0.1) is 128 Å². The third-order valence-electron chi connectivity index (χ3n) is 23.5. The minimum atomic E-state index is -0.952. The van der Waals surface area contributed by atoms with Crippen molar-refractivity contribution in [2.75, 3.05) is 72.8 Å².